The van der Waals surface area contributed by atoms with E-state index in [1.54, 1.807) is 4.57 Å². The molecule has 9 nitrogen and oxygen atoms in total. The summed E-state index contributed by atoms with van der Waals surface area (Å²) < 4.78 is 7.20. The monoisotopic (exact) mass is 363 g/mol. The molecule has 3 rings (SSSR count). The largest absolute Gasteiger partial charge is 0.463 e. The second-order valence-electron chi connectivity index (χ2n) is 6.87. The van der Waals surface area contributed by atoms with E-state index in [0.29, 0.717) is 24.3 Å². The molecule has 2 aromatic heterocycles. The molecule has 0 radical (unpaired) electrons. The molecule has 3 N–H and O–H groups in total. The highest BCUT2D eigenvalue weighted by Crippen LogP contribution is 2.18. The van der Waals surface area contributed by atoms with Crippen molar-refractivity contribution in [2.24, 2.45) is 0 Å². The molecule has 3 heterocycles. The molecule has 1 fully saturated rings. The smallest absolute Gasteiger partial charge is 0.327 e. The predicted molar refractivity (Wildman–Crippen MR) is 102 cm³/mol. The van der Waals surface area contributed by atoms with Crippen molar-refractivity contribution >= 4 is 17.0 Å². The lowest BCUT2D eigenvalue weighted by atomic mass is 10.3. The number of ether oxygens (including phenoxy) is 1. The van der Waals surface area contributed by atoms with E-state index in [-0.39, 0.29) is 17.5 Å². The molecule has 0 bridgehead atoms. The van der Waals surface area contributed by atoms with Crippen LogP contribution in [0.4, 0.5) is 5.82 Å². The number of aromatic amines is 1. The number of fused-ring (bicyclic) bond motifs is 1. The number of nitrogen functional groups attached to an aromatic ring is 1. The Hall–Kier alpha value is -2.13. The Morgan fingerprint density at radius 1 is 1.15 bits per heavy atom. The predicted octanol–water partition coefficient (Wildman–Crippen LogP) is 0.518. The summed E-state index contributed by atoms with van der Waals surface area (Å²) in [6.07, 6.45) is 2.83. The topological polar surface area (TPSA) is 105 Å². The first-order chi connectivity index (χ1) is 12.6. The summed E-state index contributed by atoms with van der Waals surface area (Å²) in [5.41, 5.74) is 6.78. The van der Waals surface area contributed by atoms with E-state index in [4.69, 9.17) is 10.5 Å². The maximum Gasteiger partial charge on any atom is 0.327 e. The molecule has 0 saturated carbocycles. The number of anilines is 1. The van der Waals surface area contributed by atoms with Gasteiger partial charge in [0.1, 0.15) is 5.52 Å². The Morgan fingerprint density at radius 3 is 2.65 bits per heavy atom. The number of nitrogens with zero attached hydrogens (tertiary/aromatic N) is 5. The Labute approximate surface area is 153 Å². The average molecular weight is 363 g/mol. The first kappa shape index (κ1) is 18.7. The molecule has 1 aliphatic heterocycles. The fraction of sp³-hybridized carbons (Fsp3) is 0.706. The minimum Gasteiger partial charge on any atom is -0.463 e. The van der Waals surface area contributed by atoms with E-state index < -0.39 is 0 Å². The highest BCUT2D eigenvalue weighted by atomic mass is 16.5. The number of nitrogens with two attached hydrogens (primary N) is 1. The normalized spacial score (nSPS) is 16.4. The summed E-state index contributed by atoms with van der Waals surface area (Å²) in [6.45, 7) is 8.52. The zero-order valence-electron chi connectivity index (χ0n) is 15.7. The first-order valence-corrected chi connectivity index (χ1v) is 9.38. The van der Waals surface area contributed by atoms with Gasteiger partial charge in [0, 0.05) is 32.7 Å². The van der Waals surface area contributed by atoms with E-state index in [0.717, 1.165) is 52.0 Å². The standard InChI is InChI=1S/C17H29N7O2/c1-3-4-12-26-16-20-14(18)13-15(21-16)24(17(25)19-13)7-5-6-23-10-8-22(2)9-11-23/h3-12H2,1-2H3,(H,19,25)(H2,18,20,21). The second kappa shape index (κ2) is 8.50. The lowest BCUT2D eigenvalue weighted by Gasteiger charge is -2.32. The van der Waals surface area contributed by atoms with Gasteiger partial charge in [0.25, 0.3) is 0 Å². The first-order valence-electron chi connectivity index (χ1n) is 9.38. The van der Waals surface area contributed by atoms with E-state index in [2.05, 4.69) is 38.7 Å². The number of aryl methyl sites for hydroxylation is 1. The molecular weight excluding hydrogens is 334 g/mol. The quantitative estimate of drug-likeness (QED) is 0.659. The van der Waals surface area contributed by atoms with Gasteiger partial charge in [-0.25, -0.2) is 4.79 Å². The number of piperazine rings is 1. The number of unbranched alkanes of at least 4 members (excludes halogenated alkanes) is 1. The van der Waals surface area contributed by atoms with Crippen LogP contribution in [-0.2, 0) is 6.54 Å². The van der Waals surface area contributed by atoms with Crippen LogP contribution in [0.25, 0.3) is 11.2 Å². The number of H-pyrrole nitrogens is 1. The van der Waals surface area contributed by atoms with Crippen LogP contribution < -0.4 is 16.2 Å². The Kier molecular flexibility index (Phi) is 6.10. The van der Waals surface area contributed by atoms with Crippen molar-refractivity contribution in [3.05, 3.63) is 10.5 Å². The summed E-state index contributed by atoms with van der Waals surface area (Å²) in [4.78, 5) is 28.4. The van der Waals surface area contributed by atoms with Crippen LogP contribution in [0.15, 0.2) is 4.79 Å². The summed E-state index contributed by atoms with van der Waals surface area (Å²) in [5.74, 6) is 0.247. The maximum absolute atomic E-state index is 12.3. The number of aromatic nitrogens is 4. The highest BCUT2D eigenvalue weighted by Gasteiger charge is 2.16. The van der Waals surface area contributed by atoms with Crippen LogP contribution in [0.3, 0.4) is 0 Å². The van der Waals surface area contributed by atoms with Crippen molar-refractivity contribution in [3.63, 3.8) is 0 Å². The molecular formula is C17H29N7O2. The van der Waals surface area contributed by atoms with Crippen LogP contribution in [-0.4, -0.2) is 75.7 Å². The van der Waals surface area contributed by atoms with E-state index >= 15 is 0 Å². The summed E-state index contributed by atoms with van der Waals surface area (Å²) in [7, 11) is 2.15. The Bertz CT molecular complexity index is 777. The summed E-state index contributed by atoms with van der Waals surface area (Å²) in [6, 6.07) is 0.232. The lowest BCUT2D eigenvalue weighted by molar-refractivity contribution is 0.151. The number of hydrogen-bond donors (Lipinski definition) is 2. The highest BCUT2D eigenvalue weighted by molar-refractivity contribution is 5.81. The fourth-order valence-corrected chi connectivity index (χ4v) is 3.13. The number of imidazole rings is 1. The van der Waals surface area contributed by atoms with Gasteiger partial charge >= 0.3 is 11.7 Å². The van der Waals surface area contributed by atoms with E-state index in [9.17, 15) is 4.79 Å². The molecule has 0 atom stereocenters. The van der Waals surface area contributed by atoms with Gasteiger partial charge < -0.3 is 25.3 Å². The van der Waals surface area contributed by atoms with Crippen molar-refractivity contribution in [1.82, 2.24) is 29.3 Å². The molecule has 0 aliphatic carbocycles. The molecule has 9 heteroatoms. The molecule has 144 valence electrons. The number of likely N-dealkylation sites (N-methyl/N-ethyl adjacent to an activating group) is 1. The summed E-state index contributed by atoms with van der Waals surface area (Å²) >= 11 is 0. The molecule has 1 aliphatic rings. The zero-order chi connectivity index (χ0) is 18.5. The molecule has 0 unspecified atom stereocenters. The number of rotatable bonds is 8. The fourth-order valence-electron chi connectivity index (χ4n) is 3.13. The van der Waals surface area contributed by atoms with Crippen molar-refractivity contribution in [2.45, 2.75) is 32.7 Å². The zero-order valence-corrected chi connectivity index (χ0v) is 15.7. The van der Waals surface area contributed by atoms with Gasteiger partial charge in [0.2, 0.25) is 0 Å². The minimum atomic E-state index is -0.204. The minimum absolute atomic E-state index is 0.204. The molecule has 0 spiro atoms. The third-order valence-corrected chi connectivity index (χ3v) is 4.81. The molecule has 0 amide bonds. The van der Waals surface area contributed by atoms with Gasteiger partial charge in [0.05, 0.1) is 6.61 Å². The van der Waals surface area contributed by atoms with E-state index in [1.807, 2.05) is 0 Å². The van der Waals surface area contributed by atoms with Crippen molar-refractivity contribution in [1.29, 1.82) is 0 Å². The summed E-state index contributed by atoms with van der Waals surface area (Å²) in [5, 5.41) is 0. The van der Waals surface area contributed by atoms with Gasteiger partial charge in [0.15, 0.2) is 11.5 Å². The van der Waals surface area contributed by atoms with Crippen molar-refractivity contribution < 1.29 is 4.74 Å². The second-order valence-corrected chi connectivity index (χ2v) is 6.87. The molecule has 2 aromatic rings. The van der Waals surface area contributed by atoms with Crippen LogP contribution in [0.1, 0.15) is 26.2 Å². The molecule has 26 heavy (non-hydrogen) atoms. The van der Waals surface area contributed by atoms with Crippen LogP contribution >= 0.6 is 0 Å². The molecule has 1 saturated heterocycles. The van der Waals surface area contributed by atoms with Crippen molar-refractivity contribution in [3.8, 4) is 6.01 Å². The van der Waals surface area contributed by atoms with Gasteiger partial charge in [-0.1, -0.05) is 13.3 Å². The van der Waals surface area contributed by atoms with Gasteiger partial charge in [-0.05, 0) is 26.4 Å². The van der Waals surface area contributed by atoms with Gasteiger partial charge in [-0.2, -0.15) is 9.97 Å². The van der Waals surface area contributed by atoms with Crippen molar-refractivity contribution in [2.75, 3.05) is 52.1 Å². The Balaban J connectivity index is 1.68. The van der Waals surface area contributed by atoms with E-state index in [1.165, 1.54) is 0 Å². The van der Waals surface area contributed by atoms with Gasteiger partial charge in [-0.15, -0.1) is 0 Å². The molecule has 0 aromatic carbocycles. The lowest BCUT2D eigenvalue weighted by Crippen LogP contribution is -2.44. The SMILES string of the molecule is CCCCOc1nc(N)c2[nH]c(=O)n(CCCN3CCN(C)CC3)c2n1. The third-order valence-electron chi connectivity index (χ3n) is 4.81. The third kappa shape index (κ3) is 4.34. The van der Waals surface area contributed by atoms with Gasteiger partial charge in [-0.3, -0.25) is 4.57 Å². The van der Waals surface area contributed by atoms with Crippen LogP contribution in [0.5, 0.6) is 6.01 Å². The maximum atomic E-state index is 12.3. The Morgan fingerprint density at radius 2 is 1.92 bits per heavy atom. The number of hydrogen-bond acceptors (Lipinski definition) is 7. The average Bonchev–Trinajstić information content (AvgIpc) is 2.94. The van der Waals surface area contributed by atoms with Crippen LogP contribution in [0.2, 0.25) is 0 Å². The van der Waals surface area contributed by atoms with Crippen LogP contribution in [0, 0.1) is 0 Å². The number of nitrogens with one attached hydrogen (secondary N) is 1.